The number of carbonyl (C=O) groups is 1. The van der Waals surface area contributed by atoms with E-state index in [1.54, 1.807) is 0 Å². The van der Waals surface area contributed by atoms with E-state index < -0.39 is 0 Å². The van der Waals surface area contributed by atoms with E-state index in [1.165, 1.54) is 24.6 Å². The van der Waals surface area contributed by atoms with E-state index in [0.717, 1.165) is 50.4 Å². The monoisotopic (exact) mass is 378 g/mol. The maximum atomic E-state index is 13.2. The number of hydrogen-bond acceptors (Lipinski definition) is 4. The SMILES string of the molecule is NC1C2CCCC1CC(C(=O)N1CCN(c3ccc4ccccc4n3)CC1)C2. The molecule has 2 heterocycles. The van der Waals surface area contributed by atoms with Gasteiger partial charge in [-0.05, 0) is 55.7 Å². The van der Waals surface area contributed by atoms with Crippen LogP contribution >= 0.6 is 0 Å². The number of nitrogens with zero attached hydrogens (tertiary/aromatic N) is 3. The van der Waals surface area contributed by atoms with E-state index in [9.17, 15) is 4.79 Å². The predicted molar refractivity (Wildman–Crippen MR) is 112 cm³/mol. The molecule has 0 radical (unpaired) electrons. The highest BCUT2D eigenvalue weighted by atomic mass is 16.2. The molecule has 1 aliphatic heterocycles. The minimum absolute atomic E-state index is 0.195. The summed E-state index contributed by atoms with van der Waals surface area (Å²) in [6.07, 6.45) is 5.72. The van der Waals surface area contributed by atoms with Gasteiger partial charge in [0.1, 0.15) is 5.82 Å². The molecule has 1 saturated heterocycles. The van der Waals surface area contributed by atoms with E-state index in [1.807, 2.05) is 12.1 Å². The zero-order valence-corrected chi connectivity index (χ0v) is 16.5. The highest BCUT2D eigenvalue weighted by molar-refractivity contribution is 5.81. The van der Waals surface area contributed by atoms with Crippen LogP contribution in [0.2, 0.25) is 0 Å². The van der Waals surface area contributed by atoms with E-state index in [4.69, 9.17) is 10.7 Å². The Morgan fingerprint density at radius 2 is 1.68 bits per heavy atom. The molecule has 1 aromatic carbocycles. The zero-order valence-electron chi connectivity index (χ0n) is 16.5. The minimum Gasteiger partial charge on any atom is -0.353 e. The molecule has 2 aromatic rings. The Kier molecular flexibility index (Phi) is 4.71. The standard InChI is InChI=1S/C23H30N4O/c24-22-17-5-3-6-18(22)15-19(14-17)23(28)27-12-10-26(11-13-27)21-9-8-16-4-1-2-7-20(16)25-21/h1-2,4,7-9,17-19,22H,3,5-6,10-15,24H2. The fourth-order valence-corrected chi connectivity index (χ4v) is 5.64. The van der Waals surface area contributed by atoms with Gasteiger partial charge in [0.2, 0.25) is 5.91 Å². The molecular formula is C23H30N4O. The van der Waals surface area contributed by atoms with Gasteiger partial charge < -0.3 is 15.5 Å². The van der Waals surface area contributed by atoms with E-state index >= 15 is 0 Å². The Bertz CT molecular complexity index is 847. The third-order valence-corrected chi connectivity index (χ3v) is 7.26. The maximum absolute atomic E-state index is 13.2. The van der Waals surface area contributed by atoms with Gasteiger partial charge in [-0.2, -0.15) is 0 Å². The van der Waals surface area contributed by atoms with Crippen molar-refractivity contribution in [3.05, 3.63) is 36.4 Å². The number of carbonyl (C=O) groups excluding carboxylic acids is 1. The number of amides is 1. The number of nitrogens with two attached hydrogens (primary N) is 1. The van der Waals surface area contributed by atoms with Crippen LogP contribution in [-0.4, -0.2) is 48.0 Å². The van der Waals surface area contributed by atoms with Crippen molar-refractivity contribution >= 4 is 22.6 Å². The molecule has 1 amide bonds. The Hall–Kier alpha value is -2.14. The van der Waals surface area contributed by atoms with Crippen LogP contribution in [0.1, 0.15) is 32.1 Å². The lowest BCUT2D eigenvalue weighted by atomic mass is 9.65. The normalized spacial score (nSPS) is 30.5. The van der Waals surface area contributed by atoms with Crippen molar-refractivity contribution in [2.45, 2.75) is 38.1 Å². The lowest BCUT2D eigenvalue weighted by molar-refractivity contribution is -0.138. The highest BCUT2D eigenvalue weighted by Crippen LogP contribution is 2.42. The molecule has 28 heavy (non-hydrogen) atoms. The average Bonchev–Trinajstić information content (AvgIpc) is 2.73. The summed E-state index contributed by atoms with van der Waals surface area (Å²) >= 11 is 0. The summed E-state index contributed by atoms with van der Waals surface area (Å²) < 4.78 is 0. The maximum Gasteiger partial charge on any atom is 0.225 e. The van der Waals surface area contributed by atoms with E-state index in [0.29, 0.717) is 23.8 Å². The number of rotatable bonds is 2. The van der Waals surface area contributed by atoms with E-state index in [2.05, 4.69) is 34.1 Å². The first-order chi connectivity index (χ1) is 13.7. The van der Waals surface area contributed by atoms with Gasteiger partial charge in [-0.1, -0.05) is 24.6 Å². The zero-order chi connectivity index (χ0) is 19.1. The molecule has 5 nitrogen and oxygen atoms in total. The molecule has 5 rings (SSSR count). The summed E-state index contributed by atoms with van der Waals surface area (Å²) in [6.45, 7) is 3.31. The van der Waals surface area contributed by atoms with Crippen LogP contribution in [0, 0.1) is 17.8 Å². The van der Waals surface area contributed by atoms with Crippen molar-refractivity contribution < 1.29 is 4.79 Å². The fraction of sp³-hybridized carbons (Fsp3) is 0.565. The number of piperazine rings is 1. The number of benzene rings is 1. The van der Waals surface area contributed by atoms with Crippen LogP contribution in [0.4, 0.5) is 5.82 Å². The van der Waals surface area contributed by atoms with Crippen LogP contribution in [0.3, 0.4) is 0 Å². The Labute approximate surface area is 166 Å². The third-order valence-electron chi connectivity index (χ3n) is 7.26. The number of anilines is 1. The average molecular weight is 379 g/mol. The summed E-state index contributed by atoms with van der Waals surface area (Å²) in [6, 6.07) is 12.8. The van der Waals surface area contributed by atoms with Crippen molar-refractivity contribution in [3.63, 3.8) is 0 Å². The summed E-state index contributed by atoms with van der Waals surface area (Å²) in [5, 5.41) is 1.17. The molecule has 2 bridgehead atoms. The molecule has 2 aliphatic carbocycles. The molecule has 2 saturated carbocycles. The fourth-order valence-electron chi connectivity index (χ4n) is 5.64. The van der Waals surface area contributed by atoms with Crippen LogP contribution in [0.15, 0.2) is 36.4 Å². The van der Waals surface area contributed by atoms with Gasteiger partial charge >= 0.3 is 0 Å². The summed E-state index contributed by atoms with van der Waals surface area (Å²) in [5.41, 5.74) is 7.44. The molecule has 0 spiro atoms. The molecule has 1 aromatic heterocycles. The predicted octanol–water partition coefficient (Wildman–Crippen LogP) is 3.04. The number of hydrogen-bond donors (Lipinski definition) is 1. The quantitative estimate of drug-likeness (QED) is 0.872. The lowest BCUT2D eigenvalue weighted by Gasteiger charge is -2.45. The molecule has 2 unspecified atom stereocenters. The third kappa shape index (κ3) is 3.26. The number of pyridine rings is 1. The van der Waals surface area contributed by atoms with Crippen molar-refractivity contribution in [2.75, 3.05) is 31.1 Å². The molecule has 5 heteroatoms. The van der Waals surface area contributed by atoms with Crippen molar-refractivity contribution in [1.82, 2.24) is 9.88 Å². The van der Waals surface area contributed by atoms with Gasteiger partial charge in [-0.15, -0.1) is 0 Å². The first kappa shape index (κ1) is 17.9. The molecule has 2 N–H and O–H groups in total. The first-order valence-corrected chi connectivity index (χ1v) is 10.8. The number of fused-ring (bicyclic) bond motifs is 3. The summed E-state index contributed by atoms with van der Waals surface area (Å²) in [7, 11) is 0. The van der Waals surface area contributed by atoms with Gasteiger partial charge in [0, 0.05) is 43.5 Å². The van der Waals surface area contributed by atoms with Crippen LogP contribution < -0.4 is 10.6 Å². The van der Waals surface area contributed by atoms with E-state index in [-0.39, 0.29) is 5.92 Å². The number of para-hydroxylation sites is 1. The Morgan fingerprint density at radius 1 is 0.964 bits per heavy atom. The number of aromatic nitrogens is 1. The Balaban J connectivity index is 1.22. The van der Waals surface area contributed by atoms with Crippen molar-refractivity contribution in [3.8, 4) is 0 Å². The summed E-state index contributed by atoms with van der Waals surface area (Å²) in [4.78, 5) is 22.4. The van der Waals surface area contributed by atoms with Crippen molar-refractivity contribution in [1.29, 1.82) is 0 Å². The van der Waals surface area contributed by atoms with Crippen LogP contribution in [-0.2, 0) is 4.79 Å². The molecule has 2 atom stereocenters. The highest BCUT2D eigenvalue weighted by Gasteiger charge is 2.41. The second-order valence-electron chi connectivity index (χ2n) is 8.87. The largest absolute Gasteiger partial charge is 0.353 e. The minimum atomic E-state index is 0.195. The molecule has 148 valence electrons. The van der Waals surface area contributed by atoms with Crippen molar-refractivity contribution in [2.24, 2.45) is 23.5 Å². The lowest BCUT2D eigenvalue weighted by Crippen LogP contribution is -2.53. The van der Waals surface area contributed by atoms with Gasteiger partial charge in [0.25, 0.3) is 0 Å². The molecular weight excluding hydrogens is 348 g/mol. The summed E-state index contributed by atoms with van der Waals surface area (Å²) in [5.74, 6) is 2.70. The smallest absolute Gasteiger partial charge is 0.225 e. The van der Waals surface area contributed by atoms with Gasteiger partial charge in [0.15, 0.2) is 0 Å². The van der Waals surface area contributed by atoms with Crippen LogP contribution in [0.5, 0.6) is 0 Å². The Morgan fingerprint density at radius 3 is 2.43 bits per heavy atom. The van der Waals surface area contributed by atoms with Gasteiger partial charge in [-0.25, -0.2) is 4.98 Å². The second kappa shape index (κ2) is 7.36. The first-order valence-electron chi connectivity index (χ1n) is 10.8. The molecule has 3 aliphatic rings. The van der Waals surface area contributed by atoms with Crippen LogP contribution in [0.25, 0.3) is 10.9 Å². The second-order valence-corrected chi connectivity index (χ2v) is 8.87. The molecule has 3 fully saturated rings. The van der Waals surface area contributed by atoms with Gasteiger partial charge in [-0.3, -0.25) is 4.79 Å². The topological polar surface area (TPSA) is 62.5 Å². The van der Waals surface area contributed by atoms with Gasteiger partial charge in [0.05, 0.1) is 5.52 Å².